The highest BCUT2D eigenvalue weighted by molar-refractivity contribution is 6.23. The minimum Gasteiger partial charge on any atom is -0.482 e. The summed E-state index contributed by atoms with van der Waals surface area (Å²) < 4.78 is 38.5. The molecule has 0 amide bonds. The van der Waals surface area contributed by atoms with Crippen molar-refractivity contribution < 1.29 is 73.1 Å². The van der Waals surface area contributed by atoms with Gasteiger partial charge in [-0.15, -0.1) is 0 Å². The zero-order valence-corrected chi connectivity index (χ0v) is 46.7. The molecule has 7 N–H and O–H groups in total. The van der Waals surface area contributed by atoms with Crippen LogP contribution in [-0.4, -0.2) is 128 Å². The van der Waals surface area contributed by atoms with E-state index in [1.165, 1.54) is 37.5 Å². The lowest BCUT2D eigenvalue weighted by molar-refractivity contribution is -0.277. The predicted octanol–water partition coefficient (Wildman–Crippen LogP) is 6.96. The first kappa shape index (κ1) is 56.6. The molecule has 4 aliphatic heterocycles. The second-order valence-corrected chi connectivity index (χ2v) is 23.2. The predicted molar refractivity (Wildman–Crippen MR) is 296 cm³/mol. The van der Waals surface area contributed by atoms with Gasteiger partial charge in [0, 0.05) is 70.7 Å². The number of nitrogens with two attached hydrogens (primary N) is 1. The number of aliphatic hydroxyl groups excluding tert-OH is 4. The van der Waals surface area contributed by atoms with Gasteiger partial charge in [0.1, 0.15) is 47.3 Å². The van der Waals surface area contributed by atoms with Gasteiger partial charge in [0.2, 0.25) is 6.29 Å². The largest absolute Gasteiger partial charge is 0.482 e. The van der Waals surface area contributed by atoms with Crippen LogP contribution < -0.4 is 24.7 Å². The Morgan fingerprint density at radius 1 is 0.900 bits per heavy atom. The van der Waals surface area contributed by atoms with Gasteiger partial charge in [0.05, 0.1) is 41.8 Å². The monoisotopic (exact) mass is 1100 g/mol. The summed E-state index contributed by atoms with van der Waals surface area (Å²) in [5.41, 5.74) is 8.12. The van der Waals surface area contributed by atoms with Gasteiger partial charge in [-0.25, -0.2) is 9.59 Å². The van der Waals surface area contributed by atoms with Crippen LogP contribution in [0.15, 0.2) is 101 Å². The summed E-state index contributed by atoms with van der Waals surface area (Å²) in [5.74, 6) is -4.20. The number of allylic oxidation sites excluding steroid dienone is 5. The van der Waals surface area contributed by atoms with Crippen LogP contribution in [0.4, 0.5) is 0 Å². The highest BCUT2D eigenvalue weighted by atomic mass is 16.7. The normalized spacial score (nSPS) is 29.7. The van der Waals surface area contributed by atoms with Gasteiger partial charge < -0.3 is 64.6 Å². The maximum absolute atomic E-state index is 15.9. The topological polar surface area (TPSA) is 254 Å². The highest BCUT2D eigenvalue weighted by Crippen LogP contribution is 2.71. The first-order chi connectivity index (χ1) is 38.1. The van der Waals surface area contributed by atoms with E-state index in [-0.39, 0.29) is 72.4 Å². The number of hydrogen-bond acceptors (Lipinski definition) is 17. The number of rotatable bonds is 16. The summed E-state index contributed by atoms with van der Waals surface area (Å²) in [6, 6.07) is 13.1. The van der Waals surface area contributed by atoms with Crippen molar-refractivity contribution in [3.8, 4) is 23.0 Å². The molecule has 3 aromatic rings. The van der Waals surface area contributed by atoms with Gasteiger partial charge in [0.15, 0.2) is 28.5 Å². The number of ketones is 2. The van der Waals surface area contributed by atoms with Gasteiger partial charge in [-0.05, 0) is 110 Å². The molecule has 1 spiro atoms. The van der Waals surface area contributed by atoms with Gasteiger partial charge in [-0.2, -0.15) is 0 Å². The molecule has 3 aromatic carbocycles. The highest BCUT2D eigenvalue weighted by Gasteiger charge is 2.77. The van der Waals surface area contributed by atoms with Crippen molar-refractivity contribution in [2.45, 2.75) is 135 Å². The van der Waals surface area contributed by atoms with Crippen molar-refractivity contribution in [2.24, 2.45) is 29.4 Å². The number of hydrogen-bond donors (Lipinski definition) is 6. The number of Topliss-reactive ketones (excluding diaryl/α,β-unsaturated/α-hetero) is 2. The van der Waals surface area contributed by atoms with E-state index in [0.717, 1.165) is 11.1 Å². The lowest BCUT2D eigenvalue weighted by atomic mass is 9.43. The smallest absolute Gasteiger partial charge is 0.343 e. The molecule has 4 heterocycles. The zero-order valence-electron chi connectivity index (χ0n) is 46.7. The van der Waals surface area contributed by atoms with E-state index in [9.17, 15) is 30.3 Å². The Kier molecular flexibility index (Phi) is 15.1. The van der Waals surface area contributed by atoms with Gasteiger partial charge in [-0.3, -0.25) is 9.59 Å². The fraction of sp³-hybridized carbons (Fsp3) is 0.460. The molecule has 4 aliphatic carbocycles. The maximum atomic E-state index is 15.9. The Balaban J connectivity index is 1.25. The van der Waals surface area contributed by atoms with Crippen LogP contribution in [0, 0.1) is 23.7 Å². The van der Waals surface area contributed by atoms with E-state index in [1.54, 1.807) is 19.1 Å². The van der Waals surface area contributed by atoms with Crippen molar-refractivity contribution in [2.75, 3.05) is 26.8 Å². The average Bonchev–Trinajstić information content (AvgIpc) is 2.93. The molecule has 17 nitrogen and oxygen atoms in total. The Bertz CT molecular complexity index is 3250. The number of aliphatic hydroxyl groups is 5. The molecular formula is C63H72N2O15. The summed E-state index contributed by atoms with van der Waals surface area (Å²) >= 11 is 0. The molecule has 11 atom stereocenters. The summed E-state index contributed by atoms with van der Waals surface area (Å²) in [6.45, 7) is 15.1. The average molecular weight is 1100 g/mol. The van der Waals surface area contributed by atoms with Crippen LogP contribution in [-0.2, 0) is 25.5 Å². The van der Waals surface area contributed by atoms with Gasteiger partial charge in [0.25, 0.3) is 0 Å². The summed E-state index contributed by atoms with van der Waals surface area (Å²) in [4.78, 5) is 61.3. The molecule has 0 aromatic heterocycles. The van der Waals surface area contributed by atoms with Crippen LogP contribution in [0.5, 0.6) is 23.0 Å². The standard InChI is InChI=1S/C63H72N2O15/c1-31(2)13-12-24-61(8)25-23-40-54(79-61)39(21-16-32(3)4)56-46(55(40)78-59(73)35-17-19-36(20-18-35)76-60-53(70)52(69)51(68)43(30-66)77-60)49-47-44(45-48(65(49)28-27-64)37-14-10-11-15-38(37)50(45)67)41-29-42(33(5)6)63(47,80-56)62(74,57(41)71)26-22-34(7)58(72)75-9/h10-11,13-20,22-23,25,33,41-44,51-53,60,66,68-70,74H,12,21,24,26-30,64H2,1-9H3/t41?,42?,43-,44?,51-,52+,53-,60-,61?,62?,63?/m0/s1. The van der Waals surface area contributed by atoms with Crippen molar-refractivity contribution in [3.05, 3.63) is 134 Å². The number of carbonyl (C=O) groups excluding carboxylic acids is 4. The van der Waals surface area contributed by atoms with Crippen molar-refractivity contribution in [3.63, 3.8) is 0 Å². The van der Waals surface area contributed by atoms with Gasteiger partial charge >= 0.3 is 11.9 Å². The molecule has 1 saturated heterocycles. The third-order valence-corrected chi connectivity index (χ3v) is 17.1. The van der Waals surface area contributed by atoms with E-state index < -0.39 is 89.6 Å². The summed E-state index contributed by atoms with van der Waals surface area (Å²) in [5, 5.41) is 55.3. The van der Waals surface area contributed by atoms with Crippen molar-refractivity contribution in [1.82, 2.24) is 4.90 Å². The van der Waals surface area contributed by atoms with Crippen LogP contribution in [0.2, 0.25) is 0 Å². The SMILES string of the molecule is COC(=O)C(C)=CCC1(O)C(=O)C2CC(C(C)C)C13Oc1c(CC=C(C)C)c4c(c(OC(=O)c5ccc(O[C@H]6O[C@@H](CO)[C@H](O)[C@@H](O)[C@@H]6O)cc5)c1C1=C3C2C2=C(c3ccccc3C2=O)N1CCN)C=CC(C)(CCC=C(C)C)O4. The van der Waals surface area contributed by atoms with Crippen molar-refractivity contribution in [1.29, 1.82) is 0 Å². The third kappa shape index (κ3) is 8.96. The maximum Gasteiger partial charge on any atom is 0.343 e. The Morgan fingerprint density at radius 2 is 1.60 bits per heavy atom. The molecule has 6 unspecified atom stereocenters. The first-order valence-electron chi connectivity index (χ1n) is 27.5. The minimum absolute atomic E-state index is 0.0452. The fourth-order valence-electron chi connectivity index (χ4n) is 13.2. The lowest BCUT2D eigenvalue weighted by Gasteiger charge is -2.66. The fourth-order valence-corrected chi connectivity index (χ4v) is 13.2. The summed E-state index contributed by atoms with van der Waals surface area (Å²) in [7, 11) is 1.26. The van der Waals surface area contributed by atoms with Crippen LogP contribution in [0.1, 0.15) is 124 Å². The molecule has 17 heteroatoms. The number of carbonyl (C=O) groups is 4. The van der Waals surface area contributed by atoms with E-state index >= 15 is 14.4 Å². The molecule has 4 fully saturated rings. The number of nitrogens with zero attached hydrogens (tertiary/aromatic N) is 1. The van der Waals surface area contributed by atoms with E-state index in [2.05, 4.69) is 6.08 Å². The van der Waals surface area contributed by atoms with Crippen molar-refractivity contribution >= 4 is 41.0 Å². The lowest BCUT2D eigenvalue weighted by Crippen LogP contribution is -2.78. The van der Waals surface area contributed by atoms with Gasteiger partial charge in [-0.1, -0.05) is 67.5 Å². The second kappa shape index (κ2) is 21.3. The van der Waals surface area contributed by atoms with E-state index in [4.69, 9.17) is 34.2 Å². The van der Waals surface area contributed by atoms with Crippen LogP contribution in [0.25, 0.3) is 17.5 Å². The van der Waals surface area contributed by atoms with Crippen LogP contribution >= 0.6 is 0 Å². The number of benzene rings is 3. The Labute approximate surface area is 465 Å². The quantitative estimate of drug-likeness (QED) is 0.0367. The Hall–Kier alpha value is -6.70. The van der Waals surface area contributed by atoms with Crippen LogP contribution in [0.3, 0.4) is 0 Å². The number of methoxy groups -OCH3 is 1. The molecule has 8 aliphatic rings. The number of ether oxygens (including phenoxy) is 6. The molecular weight excluding hydrogens is 1020 g/mol. The molecule has 2 bridgehead atoms. The molecule has 3 saturated carbocycles. The van der Waals surface area contributed by atoms with E-state index in [1.807, 2.05) is 83.7 Å². The first-order valence-corrected chi connectivity index (χ1v) is 27.5. The second-order valence-electron chi connectivity index (χ2n) is 23.2. The zero-order chi connectivity index (χ0) is 57.5. The summed E-state index contributed by atoms with van der Waals surface area (Å²) in [6.07, 6.45) is 3.27. The molecule has 424 valence electrons. The molecule has 11 rings (SSSR count). The molecule has 80 heavy (non-hydrogen) atoms. The number of fused-ring (bicyclic) bond motifs is 7. The molecule has 0 radical (unpaired) electrons. The number of esters is 2. The van der Waals surface area contributed by atoms with E-state index in [0.29, 0.717) is 68.9 Å². The third-order valence-electron chi connectivity index (χ3n) is 17.1. The Morgan fingerprint density at radius 3 is 2.25 bits per heavy atom. The minimum atomic E-state index is -2.35.